The summed E-state index contributed by atoms with van der Waals surface area (Å²) < 4.78 is 50.2. The van der Waals surface area contributed by atoms with Gasteiger partial charge in [-0.15, -0.1) is 0 Å². The lowest BCUT2D eigenvalue weighted by molar-refractivity contribution is -0.216. The Hall–Kier alpha value is -0.410. The molecule has 1 N–H and O–H groups in total. The van der Waals surface area contributed by atoms with Crippen LogP contribution in [0.25, 0.3) is 0 Å². The van der Waals surface area contributed by atoms with Crippen LogP contribution < -0.4 is 5.32 Å². The van der Waals surface area contributed by atoms with E-state index in [2.05, 4.69) is 5.32 Å². The molecule has 7 heteroatoms. The summed E-state index contributed by atoms with van der Waals surface area (Å²) in [6, 6.07) is 4.11. The average Bonchev–Trinajstić information content (AvgIpc) is 2.43. The molecule has 0 radical (unpaired) electrons. The second-order valence-corrected chi connectivity index (χ2v) is 7.41. The van der Waals surface area contributed by atoms with E-state index < -0.39 is 22.9 Å². The minimum atomic E-state index is -3.38. The standard InChI is InChI=1S/C14H15F3INOS/c1-12(2)14(16,17)13(3,19-11(21)7-20-12)9-6-8(18)4-5-10(9)15/h4-6H,7H2,1-3H3,(H,19,21)/t13-/m1/s1. The molecule has 21 heavy (non-hydrogen) atoms. The fourth-order valence-corrected chi connectivity index (χ4v) is 3.20. The van der Waals surface area contributed by atoms with Crippen molar-refractivity contribution in [3.63, 3.8) is 0 Å². The van der Waals surface area contributed by atoms with E-state index in [4.69, 9.17) is 17.0 Å². The van der Waals surface area contributed by atoms with Gasteiger partial charge in [-0.05, 0) is 61.6 Å². The maximum Gasteiger partial charge on any atom is 0.302 e. The Morgan fingerprint density at radius 1 is 1.29 bits per heavy atom. The van der Waals surface area contributed by atoms with Crippen molar-refractivity contribution in [1.82, 2.24) is 5.32 Å². The van der Waals surface area contributed by atoms with Crippen LogP contribution in [0.15, 0.2) is 18.2 Å². The molecule has 1 atom stereocenters. The number of thiocarbonyl (C=S) groups is 1. The van der Waals surface area contributed by atoms with E-state index in [1.807, 2.05) is 22.6 Å². The van der Waals surface area contributed by atoms with Gasteiger partial charge >= 0.3 is 5.92 Å². The zero-order valence-corrected chi connectivity index (χ0v) is 14.7. The highest BCUT2D eigenvalue weighted by Crippen LogP contribution is 2.48. The normalized spacial score (nSPS) is 27.9. The van der Waals surface area contributed by atoms with Gasteiger partial charge in [-0.3, -0.25) is 0 Å². The zero-order valence-electron chi connectivity index (χ0n) is 11.8. The summed E-state index contributed by atoms with van der Waals surface area (Å²) in [5.74, 6) is -4.09. The van der Waals surface area contributed by atoms with Crippen molar-refractivity contribution >= 4 is 39.8 Å². The minimum absolute atomic E-state index is 0.125. The first-order chi connectivity index (χ1) is 9.51. The number of rotatable bonds is 1. The first kappa shape index (κ1) is 17.0. The molecule has 1 aromatic rings. The summed E-state index contributed by atoms with van der Waals surface area (Å²) >= 11 is 6.99. The predicted octanol–water partition coefficient (Wildman–Crippen LogP) is 4.01. The van der Waals surface area contributed by atoms with E-state index >= 15 is 8.78 Å². The van der Waals surface area contributed by atoms with Crippen LogP contribution in [-0.4, -0.2) is 23.1 Å². The molecular weight excluding hydrogens is 414 g/mol. The fraction of sp³-hybridized carbons (Fsp3) is 0.500. The van der Waals surface area contributed by atoms with Crippen LogP contribution in [0.1, 0.15) is 26.3 Å². The van der Waals surface area contributed by atoms with E-state index in [0.717, 1.165) is 0 Å². The number of hydrogen-bond acceptors (Lipinski definition) is 2. The highest BCUT2D eigenvalue weighted by Gasteiger charge is 2.64. The summed E-state index contributed by atoms with van der Waals surface area (Å²) in [6.45, 7) is 3.70. The van der Waals surface area contributed by atoms with Gasteiger partial charge in [0.05, 0.1) is 6.61 Å². The highest BCUT2D eigenvalue weighted by molar-refractivity contribution is 14.1. The van der Waals surface area contributed by atoms with Crippen LogP contribution in [0.5, 0.6) is 0 Å². The molecule has 0 aliphatic carbocycles. The third kappa shape index (κ3) is 2.68. The van der Waals surface area contributed by atoms with Crippen LogP contribution in [0, 0.1) is 9.39 Å². The molecule has 0 saturated carbocycles. The Bertz CT molecular complexity index is 594. The Labute approximate surface area is 140 Å². The smallest absolute Gasteiger partial charge is 0.302 e. The lowest BCUT2D eigenvalue weighted by Gasteiger charge is -2.43. The number of hydrogen-bond donors (Lipinski definition) is 1. The van der Waals surface area contributed by atoms with Gasteiger partial charge in [-0.25, -0.2) is 13.2 Å². The molecule has 1 heterocycles. The second-order valence-electron chi connectivity index (χ2n) is 5.67. The average molecular weight is 429 g/mol. The van der Waals surface area contributed by atoms with Gasteiger partial charge in [0.1, 0.15) is 21.9 Å². The monoisotopic (exact) mass is 429 g/mol. The zero-order chi connectivity index (χ0) is 16.1. The van der Waals surface area contributed by atoms with Gasteiger partial charge in [-0.1, -0.05) is 12.2 Å². The van der Waals surface area contributed by atoms with Crippen molar-refractivity contribution in [3.8, 4) is 0 Å². The molecule has 0 amide bonds. The molecule has 2 rings (SSSR count). The van der Waals surface area contributed by atoms with Crippen LogP contribution in [0.3, 0.4) is 0 Å². The van der Waals surface area contributed by atoms with Crippen molar-refractivity contribution in [2.24, 2.45) is 0 Å². The van der Waals surface area contributed by atoms with Gasteiger partial charge in [0.15, 0.2) is 0 Å². The molecule has 0 bridgehead atoms. The summed E-state index contributed by atoms with van der Waals surface area (Å²) in [5, 5.41) is 2.60. The molecule has 2 nitrogen and oxygen atoms in total. The van der Waals surface area contributed by atoms with Crippen LogP contribution in [0.4, 0.5) is 13.2 Å². The van der Waals surface area contributed by atoms with Crippen molar-refractivity contribution in [3.05, 3.63) is 33.1 Å². The molecule has 0 spiro atoms. The lowest BCUT2D eigenvalue weighted by atomic mass is 9.78. The molecule has 0 unspecified atom stereocenters. The quantitative estimate of drug-likeness (QED) is 0.539. The maximum atomic E-state index is 15.0. The van der Waals surface area contributed by atoms with Crippen molar-refractivity contribution in [2.45, 2.75) is 37.8 Å². The Balaban J connectivity index is 2.70. The first-order valence-electron chi connectivity index (χ1n) is 6.29. The molecule has 1 saturated heterocycles. The molecule has 1 aliphatic rings. The second kappa shape index (κ2) is 5.34. The third-order valence-corrected chi connectivity index (χ3v) is 4.70. The summed E-state index contributed by atoms with van der Waals surface area (Å²) in [4.78, 5) is 0.126. The fourth-order valence-electron chi connectivity index (χ4n) is 2.45. The van der Waals surface area contributed by atoms with E-state index in [-0.39, 0.29) is 17.2 Å². The molecule has 116 valence electrons. The molecular formula is C14H15F3INOS. The van der Waals surface area contributed by atoms with Crippen molar-refractivity contribution in [1.29, 1.82) is 0 Å². The molecule has 1 aromatic carbocycles. The van der Waals surface area contributed by atoms with E-state index in [1.54, 1.807) is 0 Å². The number of halogens is 4. The summed E-state index contributed by atoms with van der Waals surface area (Å²) in [6.07, 6.45) is 0. The first-order valence-corrected chi connectivity index (χ1v) is 7.78. The third-order valence-electron chi connectivity index (χ3n) is 3.80. The van der Waals surface area contributed by atoms with Gasteiger partial charge in [0.2, 0.25) is 0 Å². The van der Waals surface area contributed by atoms with Crippen LogP contribution in [0.2, 0.25) is 0 Å². The Morgan fingerprint density at radius 2 is 1.90 bits per heavy atom. The van der Waals surface area contributed by atoms with E-state index in [1.165, 1.54) is 39.0 Å². The van der Waals surface area contributed by atoms with Gasteiger partial charge in [0.25, 0.3) is 0 Å². The lowest BCUT2D eigenvalue weighted by Crippen LogP contribution is -2.62. The summed E-state index contributed by atoms with van der Waals surface area (Å²) in [7, 11) is 0. The van der Waals surface area contributed by atoms with Crippen LogP contribution >= 0.6 is 34.8 Å². The molecule has 1 fully saturated rings. The topological polar surface area (TPSA) is 21.3 Å². The maximum absolute atomic E-state index is 15.0. The highest BCUT2D eigenvalue weighted by atomic mass is 127. The molecule has 0 aromatic heterocycles. The Kier molecular flexibility index (Phi) is 4.31. The predicted molar refractivity (Wildman–Crippen MR) is 87.2 cm³/mol. The number of ether oxygens (including phenoxy) is 1. The van der Waals surface area contributed by atoms with Gasteiger partial charge < -0.3 is 10.1 Å². The Morgan fingerprint density at radius 3 is 2.52 bits per heavy atom. The van der Waals surface area contributed by atoms with Gasteiger partial charge in [-0.2, -0.15) is 0 Å². The number of benzene rings is 1. The SMILES string of the molecule is CC1(C)OCC(=S)N[C@](C)(c2cc(I)ccc2F)C1(F)F. The van der Waals surface area contributed by atoms with Gasteiger partial charge in [0, 0.05) is 9.13 Å². The van der Waals surface area contributed by atoms with Crippen molar-refractivity contribution < 1.29 is 17.9 Å². The number of alkyl halides is 2. The number of nitrogens with one attached hydrogen (secondary N) is 1. The minimum Gasteiger partial charge on any atom is -0.363 e. The van der Waals surface area contributed by atoms with Crippen LogP contribution in [-0.2, 0) is 10.3 Å². The van der Waals surface area contributed by atoms with E-state index in [9.17, 15) is 4.39 Å². The van der Waals surface area contributed by atoms with E-state index in [0.29, 0.717) is 3.57 Å². The molecule has 1 aliphatic heterocycles. The summed E-state index contributed by atoms with van der Waals surface area (Å²) in [5.41, 5.74) is -3.90. The largest absolute Gasteiger partial charge is 0.363 e. The van der Waals surface area contributed by atoms with Crippen molar-refractivity contribution in [2.75, 3.05) is 6.61 Å².